The number of hydrogen-bond donors (Lipinski definition) is 2. The van der Waals surface area contributed by atoms with Crippen molar-refractivity contribution in [2.45, 2.75) is 12.2 Å². The Kier molecular flexibility index (Phi) is 6.87. The molecule has 140 valence electrons. The largest absolute Gasteiger partial charge is 0.496 e. The van der Waals surface area contributed by atoms with E-state index in [0.29, 0.717) is 24.5 Å². The van der Waals surface area contributed by atoms with Crippen molar-refractivity contribution in [3.63, 3.8) is 0 Å². The van der Waals surface area contributed by atoms with Crippen molar-refractivity contribution < 1.29 is 4.74 Å². The molecule has 0 fully saturated rings. The molecule has 27 heavy (non-hydrogen) atoms. The average molecular weight is 382 g/mol. The molecule has 0 saturated carbocycles. The second-order valence-electron chi connectivity index (χ2n) is 5.92. The van der Waals surface area contributed by atoms with E-state index >= 15 is 0 Å². The molecular formula is C20H22N4O2S. The van der Waals surface area contributed by atoms with E-state index in [1.54, 1.807) is 37.5 Å². The number of pyridine rings is 1. The van der Waals surface area contributed by atoms with E-state index in [0.717, 1.165) is 22.8 Å². The molecule has 2 aromatic heterocycles. The van der Waals surface area contributed by atoms with Crippen molar-refractivity contribution in [2.75, 3.05) is 24.7 Å². The van der Waals surface area contributed by atoms with E-state index < -0.39 is 0 Å². The van der Waals surface area contributed by atoms with Gasteiger partial charge in [0.2, 0.25) is 5.95 Å². The van der Waals surface area contributed by atoms with Gasteiger partial charge in [-0.1, -0.05) is 24.3 Å². The molecule has 3 rings (SSSR count). The van der Waals surface area contributed by atoms with Gasteiger partial charge in [-0.2, -0.15) is 11.8 Å². The summed E-state index contributed by atoms with van der Waals surface area (Å²) in [7, 11) is 1.69. The first-order valence-electron chi connectivity index (χ1n) is 8.67. The second-order valence-corrected chi connectivity index (χ2v) is 7.02. The molecule has 0 radical (unpaired) electrons. The Morgan fingerprint density at radius 1 is 1.15 bits per heavy atom. The average Bonchev–Trinajstić information content (AvgIpc) is 2.71. The number of rotatable bonds is 9. The molecule has 0 spiro atoms. The molecule has 3 aromatic rings. The van der Waals surface area contributed by atoms with Gasteiger partial charge < -0.3 is 10.1 Å². The molecule has 0 unspecified atom stereocenters. The van der Waals surface area contributed by atoms with Crippen LogP contribution in [-0.4, -0.2) is 34.4 Å². The molecule has 0 aliphatic carbocycles. The van der Waals surface area contributed by atoms with E-state index in [4.69, 9.17) is 4.74 Å². The Bertz CT molecular complexity index is 915. The third-order valence-electron chi connectivity index (χ3n) is 3.98. The van der Waals surface area contributed by atoms with Crippen molar-refractivity contribution in [1.82, 2.24) is 15.0 Å². The molecule has 0 amide bonds. The topological polar surface area (TPSA) is 79.9 Å². The van der Waals surface area contributed by atoms with Gasteiger partial charge in [-0.15, -0.1) is 0 Å². The number of ether oxygens (including phenoxy) is 1. The summed E-state index contributed by atoms with van der Waals surface area (Å²) in [6.45, 7) is 0.713. The van der Waals surface area contributed by atoms with E-state index in [1.165, 1.54) is 5.56 Å². The van der Waals surface area contributed by atoms with Crippen molar-refractivity contribution in [3.8, 4) is 5.75 Å². The first-order chi connectivity index (χ1) is 13.3. The van der Waals surface area contributed by atoms with Gasteiger partial charge in [-0.05, 0) is 17.7 Å². The van der Waals surface area contributed by atoms with Crippen LogP contribution in [0.2, 0.25) is 0 Å². The van der Waals surface area contributed by atoms with Crippen LogP contribution in [0, 0.1) is 0 Å². The number of nitrogens with one attached hydrogen (secondary N) is 2. The fourth-order valence-electron chi connectivity index (χ4n) is 2.61. The number of aromatic amines is 1. The van der Waals surface area contributed by atoms with Crippen LogP contribution < -0.4 is 15.6 Å². The van der Waals surface area contributed by atoms with E-state index in [1.807, 2.05) is 30.3 Å². The van der Waals surface area contributed by atoms with Gasteiger partial charge in [0.1, 0.15) is 5.75 Å². The van der Waals surface area contributed by atoms with Crippen molar-refractivity contribution in [1.29, 1.82) is 0 Å². The third-order valence-corrected chi connectivity index (χ3v) is 4.99. The second kappa shape index (κ2) is 9.78. The SMILES string of the molecule is COc1ccccc1CSCCNc1ncc(Cc2cccnc2)c(=O)[nH]1. The molecule has 2 heterocycles. The summed E-state index contributed by atoms with van der Waals surface area (Å²) in [5, 5.41) is 3.16. The summed E-state index contributed by atoms with van der Waals surface area (Å²) in [4.78, 5) is 23.4. The number of nitrogens with zero attached hydrogens (tertiary/aromatic N) is 2. The van der Waals surface area contributed by atoms with Gasteiger partial charge in [0.15, 0.2) is 0 Å². The third kappa shape index (κ3) is 5.59. The molecule has 1 aromatic carbocycles. The van der Waals surface area contributed by atoms with Crippen LogP contribution in [-0.2, 0) is 12.2 Å². The Labute approximate surface area is 162 Å². The van der Waals surface area contributed by atoms with Crippen LogP contribution >= 0.6 is 11.8 Å². The van der Waals surface area contributed by atoms with Gasteiger partial charge in [0.25, 0.3) is 5.56 Å². The lowest BCUT2D eigenvalue weighted by atomic mass is 10.1. The summed E-state index contributed by atoms with van der Waals surface area (Å²) in [5.41, 5.74) is 2.66. The number of thioether (sulfide) groups is 1. The van der Waals surface area contributed by atoms with Crippen LogP contribution in [0.4, 0.5) is 5.95 Å². The Morgan fingerprint density at radius 3 is 2.81 bits per heavy atom. The maximum atomic E-state index is 12.2. The Hall–Kier alpha value is -2.80. The number of anilines is 1. The van der Waals surface area contributed by atoms with Gasteiger partial charge in [0.05, 0.1) is 7.11 Å². The summed E-state index contributed by atoms with van der Waals surface area (Å²) in [5.74, 6) is 3.17. The molecule has 0 aliphatic heterocycles. The smallest absolute Gasteiger partial charge is 0.255 e. The molecule has 0 aliphatic rings. The zero-order valence-electron chi connectivity index (χ0n) is 15.1. The summed E-state index contributed by atoms with van der Waals surface area (Å²) >= 11 is 1.80. The standard InChI is InChI=1S/C20H22N4O2S/c1-26-18-7-3-2-6-16(18)14-27-10-9-22-20-23-13-17(19(25)24-20)11-15-5-4-8-21-12-15/h2-8,12-13H,9-11,14H2,1H3,(H2,22,23,24,25). The fraction of sp³-hybridized carbons (Fsp3) is 0.250. The number of benzene rings is 1. The number of H-pyrrole nitrogens is 1. The number of hydrogen-bond acceptors (Lipinski definition) is 6. The molecule has 0 saturated heterocycles. The minimum absolute atomic E-state index is 0.127. The lowest BCUT2D eigenvalue weighted by Gasteiger charge is -2.09. The zero-order chi connectivity index (χ0) is 18.9. The van der Waals surface area contributed by atoms with Crippen LogP contribution in [0.15, 0.2) is 59.8 Å². The van der Waals surface area contributed by atoms with Gasteiger partial charge in [-0.25, -0.2) is 4.98 Å². The predicted molar refractivity (Wildman–Crippen MR) is 110 cm³/mol. The maximum absolute atomic E-state index is 12.2. The highest BCUT2D eigenvalue weighted by Gasteiger charge is 2.05. The summed E-state index contributed by atoms with van der Waals surface area (Å²) in [6.07, 6.45) is 5.61. The number of aromatic nitrogens is 3. The zero-order valence-corrected chi connectivity index (χ0v) is 16.0. The van der Waals surface area contributed by atoms with Crippen LogP contribution in [0.5, 0.6) is 5.75 Å². The maximum Gasteiger partial charge on any atom is 0.255 e. The summed E-state index contributed by atoms with van der Waals surface area (Å²) < 4.78 is 5.36. The monoisotopic (exact) mass is 382 g/mol. The van der Waals surface area contributed by atoms with E-state index in [9.17, 15) is 4.79 Å². The first kappa shape index (κ1) is 19.0. The Balaban J connectivity index is 1.46. The van der Waals surface area contributed by atoms with Crippen molar-refractivity contribution in [2.24, 2.45) is 0 Å². The lowest BCUT2D eigenvalue weighted by molar-refractivity contribution is 0.411. The van der Waals surface area contributed by atoms with E-state index in [2.05, 4.69) is 26.3 Å². The van der Waals surface area contributed by atoms with Crippen molar-refractivity contribution in [3.05, 3.63) is 82.0 Å². The highest BCUT2D eigenvalue weighted by atomic mass is 32.2. The lowest BCUT2D eigenvalue weighted by Crippen LogP contribution is -2.18. The summed E-state index contributed by atoms with van der Waals surface area (Å²) in [6, 6.07) is 11.8. The van der Waals surface area contributed by atoms with Crippen LogP contribution in [0.25, 0.3) is 0 Å². The number of para-hydroxylation sites is 1. The molecule has 6 nitrogen and oxygen atoms in total. The normalized spacial score (nSPS) is 10.6. The fourth-order valence-corrected chi connectivity index (χ4v) is 3.45. The number of methoxy groups -OCH3 is 1. The minimum Gasteiger partial charge on any atom is -0.496 e. The molecule has 0 atom stereocenters. The van der Waals surface area contributed by atoms with Gasteiger partial charge in [-0.3, -0.25) is 14.8 Å². The van der Waals surface area contributed by atoms with Gasteiger partial charge in [0, 0.05) is 54.2 Å². The highest BCUT2D eigenvalue weighted by molar-refractivity contribution is 7.98. The minimum atomic E-state index is -0.127. The first-order valence-corrected chi connectivity index (χ1v) is 9.82. The molecule has 2 N–H and O–H groups in total. The van der Waals surface area contributed by atoms with Crippen LogP contribution in [0.1, 0.15) is 16.7 Å². The molecular weight excluding hydrogens is 360 g/mol. The highest BCUT2D eigenvalue weighted by Crippen LogP contribution is 2.22. The quantitative estimate of drug-likeness (QED) is 0.554. The van der Waals surface area contributed by atoms with E-state index in [-0.39, 0.29) is 5.56 Å². The predicted octanol–water partition coefficient (Wildman–Crippen LogP) is 3.11. The van der Waals surface area contributed by atoms with Crippen LogP contribution in [0.3, 0.4) is 0 Å². The van der Waals surface area contributed by atoms with Crippen molar-refractivity contribution >= 4 is 17.7 Å². The molecule has 0 bridgehead atoms. The Morgan fingerprint density at radius 2 is 2.04 bits per heavy atom. The van der Waals surface area contributed by atoms with Gasteiger partial charge >= 0.3 is 0 Å². The molecule has 7 heteroatoms.